The van der Waals surface area contributed by atoms with Gasteiger partial charge in [0.15, 0.2) is 0 Å². The molecule has 0 spiro atoms. The predicted molar refractivity (Wildman–Crippen MR) is 191 cm³/mol. The standard InChI is InChI=1S/C36H50FN4O9P/c1-8-17-47-51(46,48-18-9-2)50-31-16-15-26(20-27(31)23-37)22-29(33(43)39-28(32(38)42)19-24(3)4)40-34(44)30(21-25-13-11-10-12-14-25)41-35(45)49-36(5,6)7/h8-16,20,24,28-30H,1-2,17-19,21-23H2,3-7H3,(H2,38,42)(H,39,43)(H,40,44)(H,41,45). The number of rotatable bonds is 21. The summed E-state index contributed by atoms with van der Waals surface area (Å²) in [5, 5.41) is 7.89. The van der Waals surface area contributed by atoms with E-state index in [0.29, 0.717) is 5.56 Å². The topological polar surface area (TPSA) is 184 Å². The fourth-order valence-electron chi connectivity index (χ4n) is 4.67. The van der Waals surface area contributed by atoms with Crippen LogP contribution in [0.3, 0.4) is 0 Å². The molecule has 3 unspecified atom stereocenters. The van der Waals surface area contributed by atoms with Crippen LogP contribution in [0.5, 0.6) is 5.75 Å². The molecule has 0 aromatic heterocycles. The lowest BCUT2D eigenvalue weighted by Crippen LogP contribution is -2.57. The highest BCUT2D eigenvalue weighted by Crippen LogP contribution is 2.50. The first-order valence-corrected chi connectivity index (χ1v) is 17.9. The van der Waals surface area contributed by atoms with Gasteiger partial charge in [-0.05, 0) is 56.4 Å². The van der Waals surface area contributed by atoms with Gasteiger partial charge in [0.2, 0.25) is 17.7 Å². The molecular weight excluding hydrogens is 682 g/mol. The second kappa shape index (κ2) is 20.4. The van der Waals surface area contributed by atoms with Crippen molar-refractivity contribution in [1.29, 1.82) is 0 Å². The van der Waals surface area contributed by atoms with Crippen LogP contribution in [-0.4, -0.2) is 60.8 Å². The molecular formula is C36H50FN4O9P. The van der Waals surface area contributed by atoms with Crippen molar-refractivity contribution in [2.45, 2.75) is 84.3 Å². The van der Waals surface area contributed by atoms with Crippen LogP contribution in [0.4, 0.5) is 9.18 Å². The quantitative estimate of drug-likeness (QED) is 0.0986. The molecule has 0 aliphatic carbocycles. The second-order valence-electron chi connectivity index (χ2n) is 13.0. The summed E-state index contributed by atoms with van der Waals surface area (Å²) in [5.41, 5.74) is 5.76. The Balaban J connectivity index is 2.48. The van der Waals surface area contributed by atoms with Crippen LogP contribution < -0.4 is 26.2 Å². The van der Waals surface area contributed by atoms with E-state index >= 15 is 0 Å². The lowest BCUT2D eigenvalue weighted by atomic mass is 9.99. The molecule has 2 rings (SSSR count). The van der Waals surface area contributed by atoms with Gasteiger partial charge in [0.05, 0.1) is 13.2 Å². The van der Waals surface area contributed by atoms with Crippen LogP contribution in [0, 0.1) is 5.92 Å². The van der Waals surface area contributed by atoms with Crippen molar-refractivity contribution in [1.82, 2.24) is 16.0 Å². The fourth-order valence-corrected chi connectivity index (χ4v) is 5.84. The van der Waals surface area contributed by atoms with Gasteiger partial charge in [-0.2, -0.15) is 0 Å². The third-order valence-corrected chi connectivity index (χ3v) is 8.26. The molecule has 0 aliphatic rings. The SMILES string of the molecule is C=CCOP(=O)(OCC=C)Oc1ccc(CC(NC(=O)C(Cc2ccccc2)NC(=O)OC(C)(C)C)C(=O)NC(CC(C)C)C(N)=O)cc1CF. The minimum Gasteiger partial charge on any atom is -0.444 e. The van der Waals surface area contributed by atoms with Gasteiger partial charge >= 0.3 is 13.9 Å². The lowest BCUT2D eigenvalue weighted by molar-refractivity contribution is -0.132. The number of ether oxygens (including phenoxy) is 1. The van der Waals surface area contributed by atoms with E-state index in [9.17, 15) is 28.1 Å². The third-order valence-electron chi connectivity index (χ3n) is 6.91. The molecule has 280 valence electrons. The number of hydrogen-bond acceptors (Lipinski definition) is 9. The molecule has 0 saturated heterocycles. The van der Waals surface area contributed by atoms with Gasteiger partial charge in [-0.15, -0.1) is 13.2 Å². The number of primary amides is 1. The van der Waals surface area contributed by atoms with Gasteiger partial charge in [-0.25, -0.2) is 13.8 Å². The average molecular weight is 733 g/mol. The average Bonchev–Trinajstić information content (AvgIpc) is 3.05. The molecule has 0 heterocycles. The monoisotopic (exact) mass is 732 g/mol. The van der Waals surface area contributed by atoms with Crippen LogP contribution >= 0.6 is 7.82 Å². The number of carbonyl (C=O) groups is 4. The Morgan fingerprint density at radius 3 is 1.92 bits per heavy atom. The summed E-state index contributed by atoms with van der Waals surface area (Å²) in [6, 6.07) is 9.52. The van der Waals surface area contributed by atoms with Gasteiger partial charge in [-0.1, -0.05) is 62.4 Å². The summed E-state index contributed by atoms with van der Waals surface area (Å²) in [7, 11) is -4.21. The largest absolute Gasteiger partial charge is 0.530 e. The summed E-state index contributed by atoms with van der Waals surface area (Å²) in [4.78, 5) is 52.6. The van der Waals surface area contributed by atoms with E-state index in [-0.39, 0.29) is 49.7 Å². The number of halogens is 1. The Morgan fingerprint density at radius 1 is 0.863 bits per heavy atom. The van der Waals surface area contributed by atoms with Crippen LogP contribution in [0.1, 0.15) is 57.7 Å². The first-order chi connectivity index (χ1) is 24.0. The Bertz CT molecular complexity index is 1530. The molecule has 13 nitrogen and oxygen atoms in total. The Hall–Kier alpha value is -4.52. The summed E-state index contributed by atoms with van der Waals surface area (Å²) in [5.74, 6) is -2.39. The Labute approximate surface area is 299 Å². The Morgan fingerprint density at radius 2 is 1.41 bits per heavy atom. The van der Waals surface area contributed by atoms with Crippen molar-refractivity contribution in [2.75, 3.05) is 13.2 Å². The van der Waals surface area contributed by atoms with Crippen molar-refractivity contribution < 1.29 is 46.4 Å². The molecule has 2 aromatic carbocycles. The van der Waals surface area contributed by atoms with Crippen molar-refractivity contribution in [3.05, 3.63) is 90.5 Å². The van der Waals surface area contributed by atoms with E-state index in [1.54, 1.807) is 51.1 Å². The molecule has 5 N–H and O–H groups in total. The zero-order valence-electron chi connectivity index (χ0n) is 29.8. The Kier molecular flexibility index (Phi) is 17.0. The van der Waals surface area contributed by atoms with E-state index in [1.165, 1.54) is 30.4 Å². The zero-order valence-corrected chi connectivity index (χ0v) is 30.7. The molecule has 0 aliphatic heterocycles. The van der Waals surface area contributed by atoms with E-state index < -0.39 is 62.0 Å². The number of hydrogen-bond donors (Lipinski definition) is 4. The maximum Gasteiger partial charge on any atom is 0.530 e. The van der Waals surface area contributed by atoms with E-state index in [1.807, 2.05) is 13.8 Å². The number of benzene rings is 2. The van der Waals surface area contributed by atoms with Gasteiger partial charge in [0, 0.05) is 18.4 Å². The zero-order chi connectivity index (χ0) is 38.2. The van der Waals surface area contributed by atoms with E-state index in [0.717, 1.165) is 5.56 Å². The van der Waals surface area contributed by atoms with E-state index in [2.05, 4.69) is 29.1 Å². The number of nitrogens with two attached hydrogens (primary N) is 1. The summed E-state index contributed by atoms with van der Waals surface area (Å²) in [6.07, 6.45) is 1.92. The maximum atomic E-state index is 14.3. The van der Waals surface area contributed by atoms with Gasteiger partial charge in [-0.3, -0.25) is 23.4 Å². The van der Waals surface area contributed by atoms with Crippen molar-refractivity contribution in [3.63, 3.8) is 0 Å². The van der Waals surface area contributed by atoms with Gasteiger partial charge in [0.25, 0.3) is 0 Å². The number of carbonyl (C=O) groups excluding carboxylic acids is 4. The van der Waals surface area contributed by atoms with Gasteiger partial charge < -0.3 is 30.9 Å². The maximum absolute atomic E-state index is 14.3. The highest BCUT2D eigenvalue weighted by molar-refractivity contribution is 7.48. The number of phosphoric acid groups is 1. The van der Waals surface area contributed by atoms with Crippen LogP contribution in [0.25, 0.3) is 0 Å². The highest BCUT2D eigenvalue weighted by atomic mass is 31.2. The summed E-state index contributed by atoms with van der Waals surface area (Å²) in [6.45, 7) is 14.3. The molecule has 0 bridgehead atoms. The molecule has 2 aromatic rings. The molecule has 4 amide bonds. The molecule has 0 fully saturated rings. The molecule has 3 atom stereocenters. The minimum absolute atomic E-state index is 0.00864. The van der Waals surface area contributed by atoms with Crippen LogP contribution in [0.15, 0.2) is 73.8 Å². The van der Waals surface area contributed by atoms with Gasteiger partial charge in [0.1, 0.15) is 36.2 Å². The predicted octanol–water partition coefficient (Wildman–Crippen LogP) is 5.23. The normalized spacial score (nSPS) is 13.3. The first kappa shape index (κ1) is 42.6. The van der Waals surface area contributed by atoms with Crippen molar-refractivity contribution in [3.8, 4) is 5.75 Å². The molecule has 0 saturated carbocycles. The lowest BCUT2D eigenvalue weighted by Gasteiger charge is -2.27. The van der Waals surface area contributed by atoms with Crippen molar-refractivity contribution in [2.24, 2.45) is 11.7 Å². The molecule has 51 heavy (non-hydrogen) atoms. The first-order valence-electron chi connectivity index (χ1n) is 16.4. The molecule has 15 heteroatoms. The highest BCUT2D eigenvalue weighted by Gasteiger charge is 2.32. The minimum atomic E-state index is -4.21. The number of amides is 4. The molecule has 0 radical (unpaired) electrons. The summed E-state index contributed by atoms with van der Waals surface area (Å²) >= 11 is 0. The smallest absolute Gasteiger partial charge is 0.444 e. The number of phosphoric ester groups is 1. The van der Waals surface area contributed by atoms with Crippen LogP contribution in [0.2, 0.25) is 0 Å². The second-order valence-corrected chi connectivity index (χ2v) is 14.6. The van der Waals surface area contributed by atoms with Crippen molar-refractivity contribution >= 4 is 31.6 Å². The van der Waals surface area contributed by atoms with E-state index in [4.69, 9.17) is 24.0 Å². The summed E-state index contributed by atoms with van der Waals surface area (Å²) < 4.78 is 48.8. The van der Waals surface area contributed by atoms with Crippen LogP contribution in [-0.2, 0) is 52.2 Å². The number of alkyl halides is 1. The fraction of sp³-hybridized carbons (Fsp3) is 0.444. The number of nitrogens with one attached hydrogen (secondary N) is 3. The number of alkyl carbamates (subject to hydrolysis) is 1. The third kappa shape index (κ3) is 15.5.